The Kier molecular flexibility index (Phi) is 7.81. The Morgan fingerprint density at radius 1 is 1.19 bits per heavy atom. The van der Waals surface area contributed by atoms with Gasteiger partial charge in [0.2, 0.25) is 10.0 Å². The molecule has 32 heavy (non-hydrogen) atoms. The molecular formula is C21H27ClN4O5S. The summed E-state index contributed by atoms with van der Waals surface area (Å²) in [5.74, 6) is 0.840. The lowest BCUT2D eigenvalue weighted by Gasteiger charge is -2.34. The molecule has 0 spiro atoms. The Labute approximate surface area is 193 Å². The predicted molar refractivity (Wildman–Crippen MR) is 123 cm³/mol. The summed E-state index contributed by atoms with van der Waals surface area (Å²) < 4.78 is 36.1. The van der Waals surface area contributed by atoms with Crippen LogP contribution >= 0.6 is 11.6 Å². The first-order valence-electron chi connectivity index (χ1n) is 10.2. The van der Waals surface area contributed by atoms with E-state index in [-0.39, 0.29) is 17.5 Å². The summed E-state index contributed by atoms with van der Waals surface area (Å²) in [4.78, 5) is 20.3. The molecule has 0 bridgehead atoms. The van der Waals surface area contributed by atoms with E-state index < -0.39 is 16.1 Å². The van der Waals surface area contributed by atoms with Crippen molar-refractivity contribution in [2.45, 2.75) is 26.5 Å². The topological polar surface area (TPSA) is 101 Å². The van der Waals surface area contributed by atoms with Crippen LogP contribution in [0.25, 0.3) is 0 Å². The van der Waals surface area contributed by atoms with Crippen LogP contribution in [0.5, 0.6) is 11.5 Å². The fraction of sp³-hybridized carbons (Fsp3) is 0.429. The number of carbonyl (C=O) groups is 1. The molecule has 9 nitrogen and oxygen atoms in total. The van der Waals surface area contributed by atoms with E-state index in [1.165, 1.54) is 18.5 Å². The molecule has 1 amide bonds. The highest BCUT2D eigenvalue weighted by molar-refractivity contribution is 7.92. The second kappa shape index (κ2) is 10.4. The van der Waals surface area contributed by atoms with Crippen LogP contribution in [0.3, 0.4) is 0 Å². The molecule has 1 fully saturated rings. The summed E-state index contributed by atoms with van der Waals surface area (Å²) in [6.07, 6.45) is 3.27. The third-order valence-corrected chi connectivity index (χ3v) is 5.54. The number of piperazine rings is 1. The number of hydrogen-bond donors (Lipinski definition) is 1. The maximum Gasteiger partial charge on any atom is 0.415 e. The summed E-state index contributed by atoms with van der Waals surface area (Å²) in [5.41, 5.74) is 1.31. The molecule has 1 aromatic heterocycles. The van der Waals surface area contributed by atoms with Crippen LogP contribution in [0.4, 0.5) is 10.5 Å². The van der Waals surface area contributed by atoms with Crippen molar-refractivity contribution in [1.29, 1.82) is 0 Å². The Bertz CT molecular complexity index is 1060. The molecule has 0 unspecified atom stereocenters. The molecule has 1 aliphatic rings. The van der Waals surface area contributed by atoms with Crippen LogP contribution in [0.1, 0.15) is 19.4 Å². The molecule has 1 N–H and O–H groups in total. The van der Waals surface area contributed by atoms with Crippen LogP contribution < -0.4 is 14.2 Å². The highest BCUT2D eigenvalue weighted by Crippen LogP contribution is 2.27. The third-order valence-electron chi connectivity index (χ3n) is 4.62. The average Bonchev–Trinajstić information content (AvgIpc) is 2.69. The van der Waals surface area contributed by atoms with Gasteiger partial charge in [-0.2, -0.15) is 0 Å². The van der Waals surface area contributed by atoms with Crippen molar-refractivity contribution in [1.82, 2.24) is 14.8 Å². The first-order valence-corrected chi connectivity index (χ1v) is 12.4. The molecule has 1 aromatic carbocycles. The van der Waals surface area contributed by atoms with Crippen molar-refractivity contribution < 1.29 is 22.7 Å². The van der Waals surface area contributed by atoms with Crippen LogP contribution in [0.2, 0.25) is 5.02 Å². The quantitative estimate of drug-likeness (QED) is 0.646. The van der Waals surface area contributed by atoms with Crippen molar-refractivity contribution in [3.8, 4) is 11.5 Å². The van der Waals surface area contributed by atoms with E-state index in [0.717, 1.165) is 18.4 Å². The largest absolute Gasteiger partial charge is 0.489 e. The number of carbonyl (C=O) groups excluding carboxylic acids is 1. The second-order valence-electron chi connectivity index (χ2n) is 7.85. The van der Waals surface area contributed by atoms with E-state index in [9.17, 15) is 13.2 Å². The van der Waals surface area contributed by atoms with Crippen molar-refractivity contribution in [2.24, 2.45) is 0 Å². The first-order chi connectivity index (χ1) is 15.1. The number of amides is 1. The Balaban J connectivity index is 1.52. The molecular weight excluding hydrogens is 456 g/mol. The fourth-order valence-electron chi connectivity index (χ4n) is 3.25. The fourth-order valence-corrected chi connectivity index (χ4v) is 3.95. The molecule has 0 saturated carbocycles. The highest BCUT2D eigenvalue weighted by Gasteiger charge is 2.23. The predicted octanol–water partition coefficient (Wildman–Crippen LogP) is 3.21. The van der Waals surface area contributed by atoms with Gasteiger partial charge in [0, 0.05) is 38.8 Å². The van der Waals surface area contributed by atoms with E-state index >= 15 is 0 Å². The molecule has 1 aliphatic heterocycles. The maximum atomic E-state index is 12.5. The monoisotopic (exact) mass is 482 g/mol. The minimum atomic E-state index is -3.45. The van der Waals surface area contributed by atoms with Gasteiger partial charge in [0.25, 0.3) is 0 Å². The van der Waals surface area contributed by atoms with Crippen molar-refractivity contribution in [3.05, 3.63) is 47.2 Å². The van der Waals surface area contributed by atoms with Crippen LogP contribution in [-0.2, 0) is 16.6 Å². The lowest BCUT2D eigenvalue weighted by molar-refractivity contribution is 0.108. The molecule has 0 aliphatic carbocycles. The van der Waals surface area contributed by atoms with Crippen LogP contribution in [0.15, 0.2) is 36.7 Å². The minimum Gasteiger partial charge on any atom is -0.489 e. The number of ether oxygens (including phenoxy) is 2. The van der Waals surface area contributed by atoms with Gasteiger partial charge in [-0.15, -0.1) is 0 Å². The van der Waals surface area contributed by atoms with Gasteiger partial charge in [-0.1, -0.05) is 17.7 Å². The van der Waals surface area contributed by atoms with Gasteiger partial charge in [-0.05, 0) is 31.5 Å². The van der Waals surface area contributed by atoms with Crippen molar-refractivity contribution in [2.75, 3.05) is 37.2 Å². The lowest BCUT2D eigenvalue weighted by Crippen LogP contribution is -2.49. The Morgan fingerprint density at radius 3 is 2.56 bits per heavy atom. The van der Waals surface area contributed by atoms with Gasteiger partial charge in [0.05, 0.1) is 35.5 Å². The van der Waals surface area contributed by atoms with Crippen molar-refractivity contribution in [3.63, 3.8) is 0 Å². The summed E-state index contributed by atoms with van der Waals surface area (Å²) >= 11 is 6.21. The van der Waals surface area contributed by atoms with Gasteiger partial charge in [-0.3, -0.25) is 14.6 Å². The van der Waals surface area contributed by atoms with Gasteiger partial charge in [0.1, 0.15) is 5.75 Å². The van der Waals surface area contributed by atoms with E-state index in [4.69, 9.17) is 21.1 Å². The summed E-state index contributed by atoms with van der Waals surface area (Å²) in [6.45, 7) is 7.02. The number of rotatable bonds is 7. The summed E-state index contributed by atoms with van der Waals surface area (Å²) in [7, 11) is -3.45. The second-order valence-corrected chi connectivity index (χ2v) is 10.0. The van der Waals surface area contributed by atoms with Crippen molar-refractivity contribution >= 4 is 33.4 Å². The molecule has 2 aromatic rings. The van der Waals surface area contributed by atoms with Crippen LogP contribution in [0, 0.1) is 0 Å². The number of hydrogen-bond acceptors (Lipinski definition) is 7. The van der Waals surface area contributed by atoms with Gasteiger partial charge >= 0.3 is 6.09 Å². The standard InChI is InChI=1S/C21H27ClN4O5S/c1-15(2)30-20-10-16(4-5-19(20)22)14-25-6-8-26(9-7-25)21(27)31-18-11-17(12-23-13-18)24-32(3,28)29/h4-5,10-13,15,24H,6-9,14H2,1-3H3. The van der Waals surface area contributed by atoms with E-state index in [2.05, 4.69) is 14.6 Å². The summed E-state index contributed by atoms with van der Waals surface area (Å²) in [5, 5.41) is 0.584. The number of benzene rings is 1. The molecule has 3 rings (SSSR count). The number of pyridine rings is 1. The number of nitrogens with one attached hydrogen (secondary N) is 1. The molecule has 174 valence electrons. The zero-order valence-corrected chi connectivity index (χ0v) is 19.8. The number of anilines is 1. The van der Waals surface area contributed by atoms with Gasteiger partial charge in [-0.25, -0.2) is 13.2 Å². The van der Waals surface area contributed by atoms with E-state index in [0.29, 0.717) is 37.0 Å². The smallest absolute Gasteiger partial charge is 0.415 e. The summed E-state index contributed by atoms with van der Waals surface area (Å²) in [6, 6.07) is 7.18. The van der Waals surface area contributed by atoms with Gasteiger partial charge in [0.15, 0.2) is 5.75 Å². The normalized spacial score (nSPS) is 15.0. The van der Waals surface area contributed by atoms with Crippen LogP contribution in [-0.4, -0.2) is 67.8 Å². The third kappa shape index (κ3) is 7.25. The van der Waals surface area contributed by atoms with E-state index in [1.54, 1.807) is 4.90 Å². The number of nitrogens with zero attached hydrogens (tertiary/aromatic N) is 3. The molecule has 0 radical (unpaired) electrons. The Morgan fingerprint density at radius 2 is 1.91 bits per heavy atom. The molecule has 11 heteroatoms. The number of halogens is 1. The molecule has 1 saturated heterocycles. The number of aromatic nitrogens is 1. The van der Waals surface area contributed by atoms with Gasteiger partial charge < -0.3 is 14.4 Å². The highest BCUT2D eigenvalue weighted by atomic mass is 35.5. The maximum absolute atomic E-state index is 12.5. The lowest BCUT2D eigenvalue weighted by atomic mass is 10.2. The molecule has 0 atom stereocenters. The zero-order chi connectivity index (χ0) is 23.3. The zero-order valence-electron chi connectivity index (χ0n) is 18.2. The Hall–Kier alpha value is -2.56. The molecule has 2 heterocycles. The van der Waals surface area contributed by atoms with E-state index in [1.807, 2.05) is 32.0 Å². The SMILES string of the molecule is CC(C)Oc1cc(CN2CCN(C(=O)Oc3cncc(NS(C)(=O)=O)c3)CC2)ccc1Cl. The average molecular weight is 483 g/mol. The first kappa shape index (κ1) is 24.1. The minimum absolute atomic E-state index is 0.0374. The number of sulfonamides is 1.